The first-order chi connectivity index (χ1) is 11.1. The third-order valence-electron chi connectivity index (χ3n) is 4.00. The van der Waals surface area contributed by atoms with Gasteiger partial charge in [-0.1, -0.05) is 12.1 Å². The molecule has 2 heterocycles. The van der Waals surface area contributed by atoms with Gasteiger partial charge in [-0.3, -0.25) is 9.59 Å². The maximum absolute atomic E-state index is 12.3. The van der Waals surface area contributed by atoms with E-state index in [2.05, 4.69) is 5.32 Å². The number of aromatic hydroxyl groups is 1. The second-order valence-corrected chi connectivity index (χ2v) is 6.53. The van der Waals surface area contributed by atoms with E-state index in [1.165, 1.54) is 17.4 Å². The van der Waals surface area contributed by atoms with Gasteiger partial charge in [0.25, 0.3) is 5.91 Å². The summed E-state index contributed by atoms with van der Waals surface area (Å²) in [5.41, 5.74) is 0.590. The highest BCUT2D eigenvalue weighted by atomic mass is 32.1. The number of piperidine rings is 1. The molecule has 0 unspecified atom stereocenters. The van der Waals surface area contributed by atoms with Crippen molar-refractivity contribution in [3.05, 3.63) is 46.7 Å². The number of carbonyl (C=O) groups excluding carboxylic acids is 2. The molecule has 2 amide bonds. The number of phenolic OH excluding ortho intramolecular Hbond substituents is 1. The molecule has 0 bridgehead atoms. The van der Waals surface area contributed by atoms with Crippen molar-refractivity contribution < 1.29 is 14.7 Å². The van der Waals surface area contributed by atoms with Gasteiger partial charge in [0.1, 0.15) is 5.75 Å². The Labute approximate surface area is 138 Å². The third-order valence-corrected chi connectivity index (χ3v) is 4.86. The molecule has 1 saturated heterocycles. The van der Waals surface area contributed by atoms with Crippen LogP contribution in [0.1, 0.15) is 22.5 Å². The van der Waals surface area contributed by atoms with Gasteiger partial charge in [-0.25, -0.2) is 0 Å². The zero-order valence-electron chi connectivity index (χ0n) is 12.6. The molecule has 1 fully saturated rings. The summed E-state index contributed by atoms with van der Waals surface area (Å²) in [6.07, 6.45) is 1.31. The van der Waals surface area contributed by atoms with Crippen LogP contribution in [0.2, 0.25) is 0 Å². The first-order valence-corrected chi connectivity index (χ1v) is 8.44. The van der Waals surface area contributed by atoms with Crippen LogP contribution in [0.4, 0.5) is 5.69 Å². The van der Waals surface area contributed by atoms with Crippen molar-refractivity contribution in [3.63, 3.8) is 0 Å². The summed E-state index contributed by atoms with van der Waals surface area (Å²) in [4.78, 5) is 27.1. The van der Waals surface area contributed by atoms with Crippen LogP contribution in [-0.4, -0.2) is 34.9 Å². The van der Waals surface area contributed by atoms with E-state index >= 15 is 0 Å². The average molecular weight is 330 g/mol. The smallest absolute Gasteiger partial charge is 0.263 e. The molecule has 2 aromatic rings. The van der Waals surface area contributed by atoms with Gasteiger partial charge in [0.2, 0.25) is 5.91 Å². The van der Waals surface area contributed by atoms with Gasteiger partial charge in [-0.15, -0.1) is 11.3 Å². The Kier molecular flexibility index (Phi) is 4.62. The first-order valence-electron chi connectivity index (χ1n) is 7.56. The highest BCUT2D eigenvalue weighted by Crippen LogP contribution is 2.23. The molecule has 5 nitrogen and oxygen atoms in total. The molecule has 23 heavy (non-hydrogen) atoms. The number of likely N-dealkylation sites (tertiary alicyclic amines) is 1. The minimum absolute atomic E-state index is 0.0480. The van der Waals surface area contributed by atoms with Crippen LogP contribution >= 0.6 is 11.3 Å². The van der Waals surface area contributed by atoms with Crippen molar-refractivity contribution in [2.75, 3.05) is 18.4 Å². The van der Waals surface area contributed by atoms with E-state index in [4.69, 9.17) is 0 Å². The molecule has 120 valence electrons. The third kappa shape index (κ3) is 3.71. The number of nitrogens with zero attached hydrogens (tertiary/aromatic N) is 1. The maximum atomic E-state index is 12.3. The van der Waals surface area contributed by atoms with Gasteiger partial charge < -0.3 is 15.3 Å². The Balaban J connectivity index is 1.54. The fourth-order valence-electron chi connectivity index (χ4n) is 2.73. The summed E-state index contributed by atoms with van der Waals surface area (Å²) >= 11 is 1.44. The van der Waals surface area contributed by atoms with E-state index in [0.717, 1.165) is 4.88 Å². The molecule has 1 aliphatic rings. The van der Waals surface area contributed by atoms with E-state index < -0.39 is 0 Å². The van der Waals surface area contributed by atoms with Gasteiger partial charge in [0.15, 0.2) is 0 Å². The van der Waals surface area contributed by atoms with Crippen LogP contribution in [0.15, 0.2) is 41.8 Å². The second-order valence-electron chi connectivity index (χ2n) is 5.58. The largest absolute Gasteiger partial charge is 0.508 e. The average Bonchev–Trinajstić information content (AvgIpc) is 3.09. The van der Waals surface area contributed by atoms with Crippen LogP contribution < -0.4 is 5.32 Å². The molecule has 0 spiro atoms. The van der Waals surface area contributed by atoms with E-state index in [0.29, 0.717) is 31.6 Å². The lowest BCUT2D eigenvalue weighted by atomic mass is 9.95. The Bertz CT molecular complexity index is 692. The minimum Gasteiger partial charge on any atom is -0.508 e. The number of nitrogens with one attached hydrogen (secondary N) is 1. The Morgan fingerprint density at radius 3 is 2.61 bits per heavy atom. The van der Waals surface area contributed by atoms with E-state index in [9.17, 15) is 14.7 Å². The molecule has 1 aromatic heterocycles. The van der Waals surface area contributed by atoms with Crippen molar-refractivity contribution in [1.29, 1.82) is 0 Å². The Morgan fingerprint density at radius 2 is 1.96 bits per heavy atom. The highest BCUT2D eigenvalue weighted by molar-refractivity contribution is 7.12. The monoisotopic (exact) mass is 330 g/mol. The van der Waals surface area contributed by atoms with Crippen LogP contribution in [-0.2, 0) is 4.79 Å². The lowest BCUT2D eigenvalue weighted by molar-refractivity contribution is -0.121. The molecule has 1 aliphatic heterocycles. The molecule has 0 atom stereocenters. The van der Waals surface area contributed by atoms with Gasteiger partial charge in [-0.05, 0) is 36.4 Å². The van der Waals surface area contributed by atoms with Crippen LogP contribution in [0.5, 0.6) is 5.75 Å². The van der Waals surface area contributed by atoms with Crippen molar-refractivity contribution in [2.24, 2.45) is 5.92 Å². The number of carbonyl (C=O) groups is 2. The van der Waals surface area contributed by atoms with Crippen molar-refractivity contribution in [3.8, 4) is 5.75 Å². The normalized spacial score (nSPS) is 15.4. The number of benzene rings is 1. The maximum Gasteiger partial charge on any atom is 0.263 e. The molecular weight excluding hydrogens is 312 g/mol. The summed E-state index contributed by atoms with van der Waals surface area (Å²) in [7, 11) is 0. The number of thiophene rings is 1. The Morgan fingerprint density at radius 1 is 1.17 bits per heavy atom. The zero-order valence-corrected chi connectivity index (χ0v) is 13.4. The molecule has 6 heteroatoms. The predicted molar refractivity (Wildman–Crippen MR) is 89.7 cm³/mol. The van der Waals surface area contributed by atoms with E-state index in [1.807, 2.05) is 22.4 Å². The number of amides is 2. The van der Waals surface area contributed by atoms with E-state index in [-0.39, 0.29) is 23.5 Å². The molecule has 1 aromatic carbocycles. The van der Waals surface area contributed by atoms with E-state index in [1.54, 1.807) is 18.2 Å². The van der Waals surface area contributed by atoms with Crippen molar-refractivity contribution >= 4 is 28.8 Å². The summed E-state index contributed by atoms with van der Waals surface area (Å²) in [5.74, 6) is 0.00885. The summed E-state index contributed by atoms with van der Waals surface area (Å²) in [5, 5.41) is 14.1. The zero-order chi connectivity index (χ0) is 16.2. The lowest BCUT2D eigenvalue weighted by Gasteiger charge is -2.31. The standard InChI is InChI=1S/C17H18N2O3S/c20-14-4-1-3-13(11-14)18-16(21)12-6-8-19(9-7-12)17(22)15-5-2-10-23-15/h1-5,10-12,20H,6-9H2,(H,18,21). The fourth-order valence-corrected chi connectivity index (χ4v) is 3.42. The lowest BCUT2D eigenvalue weighted by Crippen LogP contribution is -2.41. The van der Waals surface area contributed by atoms with Crippen molar-refractivity contribution in [2.45, 2.75) is 12.8 Å². The number of hydrogen-bond acceptors (Lipinski definition) is 4. The molecule has 0 radical (unpaired) electrons. The fraction of sp³-hybridized carbons (Fsp3) is 0.294. The minimum atomic E-state index is -0.107. The van der Waals surface area contributed by atoms with Crippen LogP contribution in [0.3, 0.4) is 0 Å². The summed E-state index contributed by atoms with van der Waals surface area (Å²) in [6, 6.07) is 10.2. The van der Waals surface area contributed by atoms with Crippen LogP contribution in [0.25, 0.3) is 0 Å². The Hall–Kier alpha value is -2.34. The molecular formula is C17H18N2O3S. The first kappa shape index (κ1) is 15.6. The van der Waals surface area contributed by atoms with Gasteiger partial charge in [-0.2, -0.15) is 0 Å². The summed E-state index contributed by atoms with van der Waals surface area (Å²) < 4.78 is 0. The van der Waals surface area contributed by atoms with Crippen LogP contribution in [0, 0.1) is 5.92 Å². The summed E-state index contributed by atoms with van der Waals surface area (Å²) in [6.45, 7) is 1.18. The highest BCUT2D eigenvalue weighted by Gasteiger charge is 2.28. The number of rotatable bonds is 3. The molecule has 0 saturated carbocycles. The molecule has 3 rings (SSSR count). The van der Waals surface area contributed by atoms with Gasteiger partial charge in [0, 0.05) is 30.8 Å². The van der Waals surface area contributed by atoms with Gasteiger partial charge >= 0.3 is 0 Å². The number of phenols is 1. The SMILES string of the molecule is O=C(Nc1cccc(O)c1)C1CCN(C(=O)c2cccs2)CC1. The van der Waals surface area contributed by atoms with Gasteiger partial charge in [0.05, 0.1) is 4.88 Å². The topological polar surface area (TPSA) is 69.6 Å². The predicted octanol–water partition coefficient (Wildman–Crippen LogP) is 2.94. The molecule has 2 N–H and O–H groups in total. The number of anilines is 1. The second kappa shape index (κ2) is 6.83. The number of hydrogen-bond donors (Lipinski definition) is 2. The van der Waals surface area contributed by atoms with Crippen molar-refractivity contribution in [1.82, 2.24) is 4.90 Å². The quantitative estimate of drug-likeness (QED) is 0.909. The molecule has 0 aliphatic carbocycles.